The van der Waals surface area contributed by atoms with Gasteiger partial charge in [0.2, 0.25) is 5.89 Å². The summed E-state index contributed by atoms with van der Waals surface area (Å²) in [5, 5.41) is 6.66. The van der Waals surface area contributed by atoms with Gasteiger partial charge in [0.15, 0.2) is 23.4 Å². The molecule has 1 unspecified atom stereocenters. The monoisotopic (exact) mass is 360 g/mol. The quantitative estimate of drug-likeness (QED) is 0.850. The molecule has 1 aromatic carbocycles. The van der Waals surface area contributed by atoms with Crippen molar-refractivity contribution in [3.05, 3.63) is 36.0 Å². The molecule has 3 rings (SSSR count). The largest absolute Gasteiger partial charge is 0.486 e. The molecule has 0 bridgehead atoms. The summed E-state index contributed by atoms with van der Waals surface area (Å²) < 4.78 is 16.7. The van der Waals surface area contributed by atoms with Crippen molar-refractivity contribution in [3.8, 4) is 11.5 Å². The van der Waals surface area contributed by atoms with E-state index in [1.54, 1.807) is 11.9 Å². The van der Waals surface area contributed by atoms with Crippen LogP contribution in [0.5, 0.6) is 11.5 Å². The van der Waals surface area contributed by atoms with Gasteiger partial charge in [-0.1, -0.05) is 31.1 Å². The van der Waals surface area contributed by atoms with Crippen LogP contribution in [0.2, 0.25) is 0 Å². The van der Waals surface area contributed by atoms with E-state index in [0.29, 0.717) is 36.5 Å². The van der Waals surface area contributed by atoms with E-state index in [2.05, 4.69) is 29.3 Å². The Morgan fingerprint density at radius 3 is 2.88 bits per heavy atom. The minimum atomic E-state index is -0.234. The second kappa shape index (κ2) is 8.07. The summed E-state index contributed by atoms with van der Waals surface area (Å²) in [5.74, 6) is 2.91. The normalized spacial score (nSPS) is 15.8. The van der Waals surface area contributed by atoms with Gasteiger partial charge in [0, 0.05) is 13.5 Å². The zero-order valence-corrected chi connectivity index (χ0v) is 15.3. The highest BCUT2D eigenvalue weighted by Gasteiger charge is 2.23. The molecule has 2 aromatic rings. The smallest absolute Gasteiger partial charge is 0.317 e. The molecule has 0 fully saturated rings. The van der Waals surface area contributed by atoms with Gasteiger partial charge in [-0.25, -0.2) is 4.79 Å². The number of aromatic nitrogens is 2. The number of urea groups is 1. The lowest BCUT2D eigenvalue weighted by atomic mass is 10.1. The van der Waals surface area contributed by atoms with E-state index in [1.165, 1.54) is 0 Å². The number of para-hydroxylation sites is 2. The number of fused-ring (bicyclic) bond motifs is 1. The number of rotatable bonds is 6. The molecular weight excluding hydrogens is 336 g/mol. The first-order valence-corrected chi connectivity index (χ1v) is 8.70. The predicted octanol–water partition coefficient (Wildman–Crippen LogP) is 2.25. The van der Waals surface area contributed by atoms with Crippen molar-refractivity contribution in [2.75, 3.05) is 20.2 Å². The van der Waals surface area contributed by atoms with E-state index >= 15 is 0 Å². The Labute approximate surface area is 152 Å². The molecular formula is C18H24N4O4. The highest BCUT2D eigenvalue weighted by Crippen LogP contribution is 2.30. The SMILES string of the molecule is CC(C)Cc1nc(CNC(=O)N(C)CC2COc3ccccc3O2)no1. The topological polar surface area (TPSA) is 89.7 Å². The van der Waals surface area contributed by atoms with Crippen LogP contribution in [0.3, 0.4) is 0 Å². The molecule has 1 atom stereocenters. The third-order valence-electron chi connectivity index (χ3n) is 3.88. The summed E-state index contributed by atoms with van der Waals surface area (Å²) in [6.07, 6.45) is 0.505. The fraction of sp³-hybridized carbons (Fsp3) is 0.500. The summed E-state index contributed by atoms with van der Waals surface area (Å²) in [5.41, 5.74) is 0. The van der Waals surface area contributed by atoms with Gasteiger partial charge in [-0.15, -0.1) is 0 Å². The van der Waals surface area contributed by atoms with Crippen LogP contribution < -0.4 is 14.8 Å². The third-order valence-corrected chi connectivity index (χ3v) is 3.88. The Kier molecular flexibility index (Phi) is 5.60. The highest BCUT2D eigenvalue weighted by atomic mass is 16.6. The average molecular weight is 360 g/mol. The number of carbonyl (C=O) groups is 1. The lowest BCUT2D eigenvalue weighted by Gasteiger charge is -2.29. The number of benzene rings is 1. The highest BCUT2D eigenvalue weighted by molar-refractivity contribution is 5.73. The van der Waals surface area contributed by atoms with Gasteiger partial charge in [-0.3, -0.25) is 0 Å². The number of likely N-dealkylation sites (N-methyl/N-ethyl adjacent to an activating group) is 1. The van der Waals surface area contributed by atoms with Crippen LogP contribution >= 0.6 is 0 Å². The first-order chi connectivity index (χ1) is 12.5. The predicted molar refractivity (Wildman–Crippen MR) is 94.1 cm³/mol. The van der Waals surface area contributed by atoms with Crippen LogP contribution in [0.1, 0.15) is 25.6 Å². The number of hydrogen-bond donors (Lipinski definition) is 1. The minimum Gasteiger partial charge on any atom is -0.486 e. The van der Waals surface area contributed by atoms with Gasteiger partial charge < -0.3 is 24.2 Å². The second-order valence-corrected chi connectivity index (χ2v) is 6.74. The first kappa shape index (κ1) is 18.0. The van der Waals surface area contributed by atoms with Crippen molar-refractivity contribution in [2.24, 2.45) is 5.92 Å². The molecule has 1 aliphatic rings. The third kappa shape index (κ3) is 4.65. The Hall–Kier alpha value is -2.77. The maximum absolute atomic E-state index is 12.3. The molecule has 8 heteroatoms. The Morgan fingerprint density at radius 1 is 1.35 bits per heavy atom. The van der Waals surface area contributed by atoms with E-state index in [9.17, 15) is 4.79 Å². The van der Waals surface area contributed by atoms with Crippen molar-refractivity contribution in [1.29, 1.82) is 0 Å². The van der Waals surface area contributed by atoms with E-state index in [0.717, 1.165) is 12.2 Å². The van der Waals surface area contributed by atoms with Crippen molar-refractivity contribution in [2.45, 2.75) is 32.9 Å². The molecule has 1 aromatic heterocycles. The number of amides is 2. The molecule has 0 spiro atoms. The number of ether oxygens (including phenoxy) is 2. The van der Waals surface area contributed by atoms with Gasteiger partial charge in [0.25, 0.3) is 0 Å². The maximum atomic E-state index is 12.3. The summed E-state index contributed by atoms with van der Waals surface area (Å²) >= 11 is 0. The summed E-state index contributed by atoms with van der Waals surface area (Å²) in [4.78, 5) is 18.1. The van der Waals surface area contributed by atoms with E-state index in [4.69, 9.17) is 14.0 Å². The number of carbonyl (C=O) groups excluding carboxylic acids is 1. The van der Waals surface area contributed by atoms with Crippen LogP contribution in [0.25, 0.3) is 0 Å². The molecule has 0 aliphatic carbocycles. The summed E-state index contributed by atoms with van der Waals surface area (Å²) in [6.45, 7) is 5.19. The van der Waals surface area contributed by atoms with Gasteiger partial charge in [-0.2, -0.15) is 4.98 Å². The van der Waals surface area contributed by atoms with E-state index < -0.39 is 0 Å². The lowest BCUT2D eigenvalue weighted by molar-refractivity contribution is 0.0715. The number of nitrogens with zero attached hydrogens (tertiary/aromatic N) is 3. The van der Waals surface area contributed by atoms with Crippen molar-refractivity contribution < 1.29 is 18.8 Å². The summed E-state index contributed by atoms with van der Waals surface area (Å²) in [6, 6.07) is 7.27. The fourth-order valence-corrected chi connectivity index (χ4v) is 2.63. The summed E-state index contributed by atoms with van der Waals surface area (Å²) in [7, 11) is 1.71. The van der Waals surface area contributed by atoms with Crippen molar-refractivity contribution >= 4 is 6.03 Å². The Balaban J connectivity index is 1.45. The van der Waals surface area contributed by atoms with Crippen molar-refractivity contribution in [3.63, 3.8) is 0 Å². The molecule has 1 aliphatic heterocycles. The number of hydrogen-bond acceptors (Lipinski definition) is 6. The lowest BCUT2D eigenvalue weighted by Crippen LogP contribution is -2.45. The van der Waals surface area contributed by atoms with Crippen LogP contribution in [0, 0.1) is 5.92 Å². The molecule has 0 radical (unpaired) electrons. The molecule has 8 nitrogen and oxygen atoms in total. The van der Waals surface area contributed by atoms with Gasteiger partial charge in [0.05, 0.1) is 13.1 Å². The molecule has 0 saturated heterocycles. The average Bonchev–Trinajstić information content (AvgIpc) is 3.06. The van der Waals surface area contributed by atoms with Crippen LogP contribution in [-0.2, 0) is 13.0 Å². The van der Waals surface area contributed by atoms with Crippen LogP contribution in [-0.4, -0.2) is 47.4 Å². The van der Waals surface area contributed by atoms with Gasteiger partial charge in [0.1, 0.15) is 6.61 Å². The standard InChI is InChI=1S/C18H24N4O4/c1-12(2)8-17-20-16(21-26-17)9-19-18(23)22(3)10-13-11-24-14-6-4-5-7-15(14)25-13/h4-7,12-13H,8-11H2,1-3H3,(H,19,23). The Morgan fingerprint density at radius 2 is 2.12 bits per heavy atom. The number of nitrogens with one attached hydrogen (secondary N) is 1. The first-order valence-electron chi connectivity index (χ1n) is 8.70. The van der Waals surface area contributed by atoms with Crippen LogP contribution in [0.15, 0.2) is 28.8 Å². The minimum absolute atomic E-state index is 0.218. The molecule has 26 heavy (non-hydrogen) atoms. The molecule has 2 amide bonds. The van der Waals surface area contributed by atoms with E-state index in [-0.39, 0.29) is 18.7 Å². The van der Waals surface area contributed by atoms with Gasteiger partial charge in [-0.05, 0) is 18.1 Å². The zero-order chi connectivity index (χ0) is 18.5. The molecule has 0 saturated carbocycles. The molecule has 2 heterocycles. The van der Waals surface area contributed by atoms with E-state index in [1.807, 2.05) is 24.3 Å². The molecule has 140 valence electrons. The fourth-order valence-electron chi connectivity index (χ4n) is 2.63. The van der Waals surface area contributed by atoms with Crippen LogP contribution in [0.4, 0.5) is 4.79 Å². The Bertz CT molecular complexity index is 746. The molecule has 1 N–H and O–H groups in total. The zero-order valence-electron chi connectivity index (χ0n) is 15.3. The second-order valence-electron chi connectivity index (χ2n) is 6.74. The van der Waals surface area contributed by atoms with Crippen molar-refractivity contribution in [1.82, 2.24) is 20.4 Å². The maximum Gasteiger partial charge on any atom is 0.317 e. The van der Waals surface area contributed by atoms with Gasteiger partial charge >= 0.3 is 6.03 Å².